The van der Waals surface area contributed by atoms with E-state index >= 15 is 0 Å². The summed E-state index contributed by atoms with van der Waals surface area (Å²) in [4.78, 5) is 0. The molecule has 112 valence electrons. The third kappa shape index (κ3) is 3.42. The summed E-state index contributed by atoms with van der Waals surface area (Å²) in [6.45, 7) is 6.58. The maximum Gasteiger partial charge on any atom is 0.0465 e. The molecule has 1 fully saturated rings. The van der Waals surface area contributed by atoms with Gasteiger partial charge in [-0.2, -0.15) is 0 Å². The van der Waals surface area contributed by atoms with Crippen molar-refractivity contribution in [1.82, 2.24) is 5.32 Å². The minimum absolute atomic E-state index is 0.365. The van der Waals surface area contributed by atoms with Crippen molar-refractivity contribution in [3.63, 3.8) is 0 Å². The third-order valence-electron chi connectivity index (χ3n) is 4.69. The van der Waals surface area contributed by atoms with E-state index < -0.39 is 0 Å². The lowest BCUT2D eigenvalue weighted by atomic mass is 9.80. The van der Waals surface area contributed by atoms with Crippen LogP contribution in [0.15, 0.2) is 30.3 Å². The van der Waals surface area contributed by atoms with Gasteiger partial charge in [-0.25, -0.2) is 0 Å². The van der Waals surface area contributed by atoms with Gasteiger partial charge in [0.2, 0.25) is 0 Å². The largest absolute Gasteiger partial charge is 0.385 e. The normalized spacial score (nSPS) is 19.6. The zero-order valence-corrected chi connectivity index (χ0v) is 13.2. The van der Waals surface area contributed by atoms with Gasteiger partial charge in [0.15, 0.2) is 0 Å². The highest BCUT2D eigenvalue weighted by molar-refractivity contribution is 5.34. The Morgan fingerprint density at radius 2 is 1.95 bits per heavy atom. The molecule has 0 bridgehead atoms. The summed E-state index contributed by atoms with van der Waals surface area (Å²) in [6.07, 6.45) is 4.95. The summed E-state index contributed by atoms with van der Waals surface area (Å²) in [5, 5.41) is 3.82. The Hall–Kier alpha value is -0.860. The van der Waals surface area contributed by atoms with Gasteiger partial charge in [0.1, 0.15) is 0 Å². The minimum atomic E-state index is 0.365. The lowest BCUT2D eigenvalue weighted by Crippen LogP contribution is -2.45. The van der Waals surface area contributed by atoms with Gasteiger partial charge >= 0.3 is 0 Å². The van der Waals surface area contributed by atoms with Crippen molar-refractivity contribution in [2.24, 2.45) is 5.92 Å². The Bertz CT molecular complexity index is 386. The highest BCUT2D eigenvalue weighted by Crippen LogP contribution is 2.53. The van der Waals surface area contributed by atoms with Crippen LogP contribution in [0.5, 0.6) is 0 Å². The number of methoxy groups -OCH3 is 1. The van der Waals surface area contributed by atoms with E-state index in [4.69, 9.17) is 4.74 Å². The third-order valence-corrected chi connectivity index (χ3v) is 4.69. The van der Waals surface area contributed by atoms with Gasteiger partial charge in [-0.3, -0.25) is 0 Å². The molecule has 0 amide bonds. The smallest absolute Gasteiger partial charge is 0.0465 e. The first-order chi connectivity index (χ1) is 9.74. The summed E-state index contributed by atoms with van der Waals surface area (Å²) in [5.74, 6) is 0.643. The average molecular weight is 275 g/mol. The van der Waals surface area contributed by atoms with E-state index in [1.165, 1.54) is 24.8 Å². The van der Waals surface area contributed by atoms with Crippen LogP contribution in [-0.4, -0.2) is 26.3 Å². The van der Waals surface area contributed by atoms with Crippen LogP contribution in [0.25, 0.3) is 0 Å². The maximum atomic E-state index is 5.28. The quantitative estimate of drug-likeness (QED) is 0.741. The van der Waals surface area contributed by atoms with Crippen LogP contribution in [0.2, 0.25) is 0 Å². The summed E-state index contributed by atoms with van der Waals surface area (Å²) in [5.41, 5.74) is 1.88. The molecular weight excluding hydrogens is 246 g/mol. The lowest BCUT2D eigenvalue weighted by molar-refractivity contribution is 0.163. The van der Waals surface area contributed by atoms with E-state index in [1.54, 1.807) is 7.11 Å². The second-order valence-electron chi connectivity index (χ2n) is 6.21. The summed E-state index contributed by atoms with van der Waals surface area (Å²) in [7, 11) is 1.80. The van der Waals surface area contributed by atoms with Crippen molar-refractivity contribution in [1.29, 1.82) is 0 Å². The molecule has 0 aromatic heterocycles. The molecule has 1 aromatic carbocycles. The molecule has 1 saturated carbocycles. The fraction of sp³-hybridized carbons (Fsp3) is 0.667. The maximum absolute atomic E-state index is 5.28. The molecule has 2 heteroatoms. The Labute approximate surface area is 123 Å². The first-order valence-corrected chi connectivity index (χ1v) is 8.02. The second-order valence-corrected chi connectivity index (χ2v) is 6.21. The minimum Gasteiger partial charge on any atom is -0.385 e. The number of hydrogen-bond acceptors (Lipinski definition) is 2. The number of rotatable bonds is 9. The molecule has 1 N–H and O–H groups in total. The first kappa shape index (κ1) is 15.5. The van der Waals surface area contributed by atoms with Crippen molar-refractivity contribution in [2.75, 3.05) is 20.3 Å². The van der Waals surface area contributed by atoms with Crippen LogP contribution < -0.4 is 5.32 Å². The van der Waals surface area contributed by atoms with E-state index in [0.717, 1.165) is 19.6 Å². The first-order valence-electron chi connectivity index (χ1n) is 8.02. The average Bonchev–Trinajstić information content (AvgIpc) is 3.28. The van der Waals surface area contributed by atoms with E-state index in [2.05, 4.69) is 49.5 Å². The Morgan fingerprint density at radius 1 is 1.25 bits per heavy atom. The van der Waals surface area contributed by atoms with Gasteiger partial charge in [0.05, 0.1) is 0 Å². The molecule has 1 aliphatic carbocycles. The van der Waals surface area contributed by atoms with Gasteiger partial charge in [-0.05, 0) is 43.7 Å². The van der Waals surface area contributed by atoms with Crippen molar-refractivity contribution in [3.05, 3.63) is 35.9 Å². The second kappa shape index (κ2) is 7.24. The lowest BCUT2D eigenvalue weighted by Gasteiger charge is -2.34. The topological polar surface area (TPSA) is 21.3 Å². The van der Waals surface area contributed by atoms with Gasteiger partial charge in [-0.15, -0.1) is 0 Å². The SMILES string of the molecule is CCCNC(C(C)CCOC)C1(c2ccccc2)CC1. The molecule has 0 radical (unpaired) electrons. The number of benzene rings is 1. The van der Waals surface area contributed by atoms with Crippen LogP contribution in [0.4, 0.5) is 0 Å². The van der Waals surface area contributed by atoms with E-state index in [0.29, 0.717) is 17.4 Å². The Balaban J connectivity index is 2.13. The zero-order chi connectivity index (χ0) is 14.4. The summed E-state index contributed by atoms with van der Waals surface area (Å²) >= 11 is 0. The Morgan fingerprint density at radius 3 is 2.50 bits per heavy atom. The van der Waals surface area contributed by atoms with E-state index in [-0.39, 0.29) is 0 Å². The van der Waals surface area contributed by atoms with Gasteiger partial charge in [0, 0.05) is 25.2 Å². The Kier molecular flexibility index (Phi) is 5.62. The predicted molar refractivity (Wildman–Crippen MR) is 85.1 cm³/mol. The molecule has 2 unspecified atom stereocenters. The molecule has 1 aliphatic rings. The van der Waals surface area contributed by atoms with Crippen molar-refractivity contribution < 1.29 is 4.74 Å². The highest BCUT2D eigenvalue weighted by atomic mass is 16.5. The molecule has 0 heterocycles. The molecule has 0 aliphatic heterocycles. The van der Waals surface area contributed by atoms with Crippen LogP contribution in [-0.2, 0) is 10.2 Å². The standard InChI is InChI=1S/C18H29NO/c1-4-13-19-17(15(2)10-14-20-3)18(11-12-18)16-8-6-5-7-9-16/h5-9,15,17,19H,4,10-14H2,1-3H3. The molecule has 2 rings (SSSR count). The summed E-state index contributed by atoms with van der Waals surface area (Å²) in [6, 6.07) is 11.6. The molecule has 2 atom stereocenters. The fourth-order valence-electron chi connectivity index (χ4n) is 3.40. The van der Waals surface area contributed by atoms with Crippen molar-refractivity contribution in [3.8, 4) is 0 Å². The molecular formula is C18H29NO. The molecule has 0 saturated heterocycles. The number of nitrogens with one attached hydrogen (secondary N) is 1. The van der Waals surface area contributed by atoms with Gasteiger partial charge in [-0.1, -0.05) is 44.2 Å². The van der Waals surface area contributed by atoms with Crippen LogP contribution >= 0.6 is 0 Å². The van der Waals surface area contributed by atoms with Crippen LogP contribution in [0.3, 0.4) is 0 Å². The van der Waals surface area contributed by atoms with E-state index in [9.17, 15) is 0 Å². The molecule has 0 spiro atoms. The van der Waals surface area contributed by atoms with Crippen LogP contribution in [0.1, 0.15) is 45.1 Å². The molecule has 20 heavy (non-hydrogen) atoms. The van der Waals surface area contributed by atoms with Gasteiger partial charge < -0.3 is 10.1 Å². The number of ether oxygens (including phenoxy) is 1. The van der Waals surface area contributed by atoms with Crippen molar-refractivity contribution >= 4 is 0 Å². The molecule has 2 nitrogen and oxygen atoms in total. The number of hydrogen-bond donors (Lipinski definition) is 1. The highest BCUT2D eigenvalue weighted by Gasteiger charge is 2.51. The monoisotopic (exact) mass is 275 g/mol. The fourth-order valence-corrected chi connectivity index (χ4v) is 3.40. The predicted octanol–water partition coefficient (Wildman–Crippen LogP) is 3.76. The van der Waals surface area contributed by atoms with Gasteiger partial charge in [0.25, 0.3) is 0 Å². The van der Waals surface area contributed by atoms with Crippen LogP contribution in [0, 0.1) is 5.92 Å². The van der Waals surface area contributed by atoms with E-state index in [1.807, 2.05) is 0 Å². The molecule has 1 aromatic rings. The summed E-state index contributed by atoms with van der Waals surface area (Å²) < 4.78 is 5.28. The zero-order valence-electron chi connectivity index (χ0n) is 13.2. The van der Waals surface area contributed by atoms with Crippen molar-refractivity contribution in [2.45, 2.75) is 51.0 Å².